The SMILES string of the molecule is CN1CCN(Cc2ccc(-c3ncc4ccccc4n3)cc2)CC1. The molecule has 1 aliphatic rings. The van der Waals surface area contributed by atoms with Crippen molar-refractivity contribution < 1.29 is 0 Å². The Morgan fingerprint density at radius 3 is 2.46 bits per heavy atom. The van der Waals surface area contributed by atoms with Crippen molar-refractivity contribution in [1.29, 1.82) is 0 Å². The van der Waals surface area contributed by atoms with Crippen LogP contribution in [0.15, 0.2) is 54.7 Å². The smallest absolute Gasteiger partial charge is 0.159 e. The summed E-state index contributed by atoms with van der Waals surface area (Å²) in [4.78, 5) is 14.1. The van der Waals surface area contributed by atoms with Crippen LogP contribution in [0, 0.1) is 0 Å². The van der Waals surface area contributed by atoms with Gasteiger partial charge in [-0.3, -0.25) is 4.90 Å². The predicted octanol–water partition coefficient (Wildman–Crippen LogP) is 3.04. The zero-order valence-electron chi connectivity index (χ0n) is 14.0. The lowest BCUT2D eigenvalue weighted by Gasteiger charge is -2.32. The van der Waals surface area contributed by atoms with Crippen molar-refractivity contribution in [1.82, 2.24) is 19.8 Å². The maximum absolute atomic E-state index is 4.67. The van der Waals surface area contributed by atoms with E-state index in [1.165, 1.54) is 5.56 Å². The number of piperazine rings is 1. The van der Waals surface area contributed by atoms with E-state index in [1.807, 2.05) is 30.5 Å². The van der Waals surface area contributed by atoms with E-state index >= 15 is 0 Å². The molecule has 1 fully saturated rings. The van der Waals surface area contributed by atoms with E-state index in [-0.39, 0.29) is 0 Å². The Bertz CT molecular complexity index is 820. The van der Waals surface area contributed by atoms with E-state index in [1.54, 1.807) is 0 Å². The fraction of sp³-hybridized carbons (Fsp3) is 0.300. The van der Waals surface area contributed by atoms with Crippen molar-refractivity contribution in [2.45, 2.75) is 6.54 Å². The van der Waals surface area contributed by atoms with E-state index < -0.39 is 0 Å². The molecule has 0 radical (unpaired) electrons. The molecule has 0 saturated carbocycles. The lowest BCUT2D eigenvalue weighted by molar-refractivity contribution is 0.148. The number of fused-ring (bicyclic) bond motifs is 1. The van der Waals surface area contributed by atoms with Crippen molar-refractivity contribution in [2.75, 3.05) is 33.2 Å². The highest BCUT2D eigenvalue weighted by Gasteiger charge is 2.13. The molecule has 24 heavy (non-hydrogen) atoms. The molecule has 0 N–H and O–H groups in total. The number of benzene rings is 2. The summed E-state index contributed by atoms with van der Waals surface area (Å²) < 4.78 is 0. The average Bonchev–Trinajstić information content (AvgIpc) is 2.64. The van der Waals surface area contributed by atoms with Gasteiger partial charge in [0, 0.05) is 49.9 Å². The van der Waals surface area contributed by atoms with Crippen LogP contribution < -0.4 is 0 Å². The average molecular weight is 318 g/mol. The summed E-state index contributed by atoms with van der Waals surface area (Å²) in [7, 11) is 2.19. The first-order valence-corrected chi connectivity index (χ1v) is 8.50. The van der Waals surface area contributed by atoms with E-state index in [4.69, 9.17) is 0 Å². The molecule has 122 valence electrons. The molecule has 2 aromatic carbocycles. The van der Waals surface area contributed by atoms with Crippen molar-refractivity contribution >= 4 is 10.9 Å². The van der Waals surface area contributed by atoms with E-state index in [9.17, 15) is 0 Å². The number of hydrogen-bond acceptors (Lipinski definition) is 4. The Kier molecular flexibility index (Phi) is 4.24. The molecule has 0 amide bonds. The number of hydrogen-bond donors (Lipinski definition) is 0. The molecule has 4 heteroatoms. The van der Waals surface area contributed by atoms with Gasteiger partial charge in [-0.15, -0.1) is 0 Å². The topological polar surface area (TPSA) is 32.3 Å². The number of rotatable bonds is 3. The molecular weight excluding hydrogens is 296 g/mol. The van der Waals surface area contributed by atoms with Crippen molar-refractivity contribution in [3.63, 3.8) is 0 Å². The zero-order chi connectivity index (χ0) is 16.4. The highest BCUT2D eigenvalue weighted by atomic mass is 15.2. The van der Waals surface area contributed by atoms with Gasteiger partial charge in [0.05, 0.1) is 5.52 Å². The third kappa shape index (κ3) is 3.30. The molecule has 3 aromatic rings. The monoisotopic (exact) mass is 318 g/mol. The minimum atomic E-state index is 0.792. The minimum absolute atomic E-state index is 0.792. The standard InChI is InChI=1S/C20H22N4/c1-23-10-12-24(13-11-23)15-16-6-8-17(9-7-16)20-21-14-18-4-2-3-5-19(18)22-20/h2-9,14H,10-13,15H2,1H3. The van der Waals surface area contributed by atoms with Crippen LogP contribution in [0.2, 0.25) is 0 Å². The summed E-state index contributed by atoms with van der Waals surface area (Å²) in [5.74, 6) is 0.792. The first-order valence-electron chi connectivity index (χ1n) is 8.50. The van der Waals surface area contributed by atoms with Gasteiger partial charge in [0.2, 0.25) is 0 Å². The molecule has 1 saturated heterocycles. The number of aromatic nitrogens is 2. The Hall–Kier alpha value is -2.30. The Balaban J connectivity index is 1.50. The second kappa shape index (κ2) is 6.67. The highest BCUT2D eigenvalue weighted by Crippen LogP contribution is 2.19. The van der Waals surface area contributed by atoms with E-state index in [0.717, 1.165) is 55.0 Å². The first-order chi connectivity index (χ1) is 11.8. The van der Waals surface area contributed by atoms with Gasteiger partial charge in [-0.2, -0.15) is 0 Å². The van der Waals surface area contributed by atoms with Gasteiger partial charge >= 0.3 is 0 Å². The fourth-order valence-corrected chi connectivity index (χ4v) is 3.13. The molecule has 0 spiro atoms. The molecule has 0 unspecified atom stereocenters. The van der Waals surface area contributed by atoms with Crippen LogP contribution in [-0.4, -0.2) is 53.0 Å². The Morgan fingerprint density at radius 1 is 0.917 bits per heavy atom. The van der Waals surface area contributed by atoms with E-state index in [0.29, 0.717) is 0 Å². The highest BCUT2D eigenvalue weighted by molar-refractivity contribution is 5.79. The van der Waals surface area contributed by atoms with Gasteiger partial charge in [0.15, 0.2) is 5.82 Å². The molecule has 1 aliphatic heterocycles. The van der Waals surface area contributed by atoms with Gasteiger partial charge in [0.25, 0.3) is 0 Å². The maximum atomic E-state index is 4.67. The van der Waals surface area contributed by atoms with Crippen LogP contribution in [0.25, 0.3) is 22.3 Å². The largest absolute Gasteiger partial charge is 0.304 e. The lowest BCUT2D eigenvalue weighted by Crippen LogP contribution is -2.43. The van der Waals surface area contributed by atoms with Gasteiger partial charge in [-0.25, -0.2) is 9.97 Å². The number of nitrogens with zero attached hydrogens (tertiary/aromatic N) is 4. The third-order valence-corrected chi connectivity index (χ3v) is 4.70. The second-order valence-corrected chi connectivity index (χ2v) is 6.53. The second-order valence-electron chi connectivity index (χ2n) is 6.53. The summed E-state index contributed by atoms with van der Waals surface area (Å²) in [6.45, 7) is 5.62. The molecular formula is C20H22N4. The summed E-state index contributed by atoms with van der Waals surface area (Å²) >= 11 is 0. The van der Waals surface area contributed by atoms with Crippen LogP contribution in [0.4, 0.5) is 0 Å². The normalized spacial score (nSPS) is 16.5. The van der Waals surface area contributed by atoms with Crippen molar-refractivity contribution in [3.8, 4) is 11.4 Å². The van der Waals surface area contributed by atoms with Gasteiger partial charge in [-0.1, -0.05) is 42.5 Å². The predicted molar refractivity (Wildman–Crippen MR) is 97.7 cm³/mol. The molecule has 1 aromatic heterocycles. The van der Waals surface area contributed by atoms with Crippen molar-refractivity contribution in [3.05, 3.63) is 60.3 Å². The molecule has 4 rings (SSSR count). The lowest BCUT2D eigenvalue weighted by atomic mass is 10.1. The van der Waals surface area contributed by atoms with Crippen LogP contribution in [0.3, 0.4) is 0 Å². The van der Waals surface area contributed by atoms with Gasteiger partial charge in [0.1, 0.15) is 0 Å². The van der Waals surface area contributed by atoms with E-state index in [2.05, 4.69) is 51.1 Å². The molecule has 0 aliphatic carbocycles. The Morgan fingerprint density at radius 2 is 1.67 bits per heavy atom. The summed E-state index contributed by atoms with van der Waals surface area (Å²) in [6, 6.07) is 16.8. The number of para-hydroxylation sites is 1. The van der Waals surface area contributed by atoms with Crippen molar-refractivity contribution in [2.24, 2.45) is 0 Å². The summed E-state index contributed by atoms with van der Waals surface area (Å²) in [5.41, 5.74) is 3.41. The fourth-order valence-electron chi connectivity index (χ4n) is 3.13. The summed E-state index contributed by atoms with van der Waals surface area (Å²) in [5, 5.41) is 1.08. The van der Waals surface area contributed by atoms with Crippen LogP contribution in [0.5, 0.6) is 0 Å². The molecule has 0 bridgehead atoms. The first kappa shape index (κ1) is 15.2. The minimum Gasteiger partial charge on any atom is -0.304 e. The Labute approximate surface area is 142 Å². The van der Waals surface area contributed by atoms with Crippen LogP contribution in [-0.2, 0) is 6.54 Å². The third-order valence-electron chi connectivity index (χ3n) is 4.70. The van der Waals surface area contributed by atoms with Gasteiger partial charge in [-0.05, 0) is 18.7 Å². The van der Waals surface area contributed by atoms with Crippen LogP contribution >= 0.6 is 0 Å². The zero-order valence-corrected chi connectivity index (χ0v) is 14.0. The quantitative estimate of drug-likeness (QED) is 0.743. The number of likely N-dealkylation sites (N-methyl/N-ethyl adjacent to an activating group) is 1. The summed E-state index contributed by atoms with van der Waals surface area (Å²) in [6.07, 6.45) is 1.90. The molecule has 4 nitrogen and oxygen atoms in total. The van der Waals surface area contributed by atoms with Crippen LogP contribution in [0.1, 0.15) is 5.56 Å². The molecule has 0 atom stereocenters. The van der Waals surface area contributed by atoms with Gasteiger partial charge < -0.3 is 4.90 Å². The molecule has 2 heterocycles. The maximum Gasteiger partial charge on any atom is 0.159 e.